The normalized spacial score (nSPS) is 15.8. The highest BCUT2D eigenvalue weighted by Gasteiger charge is 2.33. The van der Waals surface area contributed by atoms with Crippen molar-refractivity contribution >= 4 is 17.6 Å². The molecule has 0 saturated heterocycles. The zero-order valence-corrected chi connectivity index (χ0v) is 10.2. The lowest BCUT2D eigenvalue weighted by Crippen LogP contribution is -2.26. The summed E-state index contributed by atoms with van der Waals surface area (Å²) in [6.45, 7) is 0. The van der Waals surface area contributed by atoms with Crippen LogP contribution in [0.3, 0.4) is 0 Å². The van der Waals surface area contributed by atoms with Crippen molar-refractivity contribution in [2.24, 2.45) is 11.7 Å². The van der Waals surface area contributed by atoms with Gasteiger partial charge in [0.1, 0.15) is 5.82 Å². The number of anilines is 1. The van der Waals surface area contributed by atoms with Gasteiger partial charge in [-0.15, -0.1) is 0 Å². The Hall–Kier alpha value is -2.11. The van der Waals surface area contributed by atoms with Crippen molar-refractivity contribution in [1.82, 2.24) is 0 Å². The maximum absolute atomic E-state index is 13.8. The molecule has 0 aliphatic heterocycles. The molecule has 1 aliphatic rings. The zero-order valence-electron chi connectivity index (χ0n) is 10.2. The summed E-state index contributed by atoms with van der Waals surface area (Å²) in [5.41, 5.74) is 5.34. The summed E-state index contributed by atoms with van der Waals surface area (Å²) in [5.74, 6) is -1.95. The van der Waals surface area contributed by atoms with Gasteiger partial charge in [0.25, 0.3) is 0 Å². The van der Waals surface area contributed by atoms with Crippen molar-refractivity contribution in [3.8, 4) is 0 Å². The fourth-order valence-electron chi connectivity index (χ4n) is 2.01. The number of aliphatic carboxylic acids is 1. The smallest absolute Gasteiger partial charge is 0.305 e. The summed E-state index contributed by atoms with van der Waals surface area (Å²) in [7, 11) is 0. The van der Waals surface area contributed by atoms with E-state index in [1.807, 2.05) is 0 Å². The molecule has 0 heterocycles. The van der Waals surface area contributed by atoms with E-state index in [0.717, 1.165) is 18.9 Å². The quantitative estimate of drug-likeness (QED) is 0.729. The molecule has 0 aromatic heterocycles. The summed E-state index contributed by atoms with van der Waals surface area (Å²) >= 11 is 0. The molecule has 4 N–H and O–H groups in total. The highest BCUT2D eigenvalue weighted by atomic mass is 19.1. The standard InChI is InChI=1S/C13H15FN2O3/c14-9-5-8(13(15)19)3-4-10(9)16-11(6-12(17)18)7-1-2-7/h3-5,7,11,16H,1-2,6H2,(H2,15,19)(H,17,18). The lowest BCUT2D eigenvalue weighted by atomic mass is 10.1. The molecular formula is C13H15FN2O3. The van der Waals surface area contributed by atoms with Crippen LogP contribution in [0.15, 0.2) is 18.2 Å². The van der Waals surface area contributed by atoms with E-state index in [4.69, 9.17) is 10.8 Å². The van der Waals surface area contributed by atoms with Gasteiger partial charge in [-0.05, 0) is 37.0 Å². The van der Waals surface area contributed by atoms with Crippen molar-refractivity contribution in [1.29, 1.82) is 0 Å². The van der Waals surface area contributed by atoms with Gasteiger partial charge < -0.3 is 16.2 Å². The molecule has 1 saturated carbocycles. The minimum Gasteiger partial charge on any atom is -0.481 e. The Labute approximate surface area is 109 Å². The van der Waals surface area contributed by atoms with Crippen molar-refractivity contribution in [2.45, 2.75) is 25.3 Å². The first-order chi connectivity index (χ1) is 8.97. The third kappa shape index (κ3) is 3.43. The van der Waals surface area contributed by atoms with Crippen LogP contribution in [-0.4, -0.2) is 23.0 Å². The van der Waals surface area contributed by atoms with Crippen LogP contribution in [0.4, 0.5) is 10.1 Å². The molecule has 1 fully saturated rings. The summed E-state index contributed by atoms with van der Waals surface area (Å²) in [6.07, 6.45) is 1.85. The molecule has 1 aromatic rings. The molecule has 1 amide bonds. The van der Waals surface area contributed by atoms with Crippen LogP contribution in [0.2, 0.25) is 0 Å². The number of hydrogen-bond donors (Lipinski definition) is 3. The van der Waals surface area contributed by atoms with E-state index in [1.54, 1.807) is 0 Å². The van der Waals surface area contributed by atoms with Crippen molar-refractivity contribution in [3.05, 3.63) is 29.6 Å². The number of nitrogens with two attached hydrogens (primary N) is 1. The average Bonchev–Trinajstić information content (AvgIpc) is 3.13. The number of amides is 1. The molecule has 1 unspecified atom stereocenters. The van der Waals surface area contributed by atoms with E-state index < -0.39 is 17.7 Å². The lowest BCUT2D eigenvalue weighted by molar-refractivity contribution is -0.137. The topological polar surface area (TPSA) is 92.4 Å². The van der Waals surface area contributed by atoms with E-state index in [1.165, 1.54) is 12.1 Å². The fraction of sp³-hybridized carbons (Fsp3) is 0.385. The highest BCUT2D eigenvalue weighted by Crippen LogP contribution is 2.36. The Balaban J connectivity index is 2.12. The summed E-state index contributed by atoms with van der Waals surface area (Å²) < 4.78 is 13.8. The monoisotopic (exact) mass is 266 g/mol. The predicted octanol–water partition coefficient (Wildman–Crippen LogP) is 1.59. The molecule has 0 radical (unpaired) electrons. The van der Waals surface area contributed by atoms with Crippen LogP contribution in [-0.2, 0) is 4.79 Å². The van der Waals surface area contributed by atoms with Crippen molar-refractivity contribution in [3.63, 3.8) is 0 Å². The molecule has 5 nitrogen and oxygen atoms in total. The molecule has 1 aliphatic carbocycles. The van der Waals surface area contributed by atoms with Crippen molar-refractivity contribution < 1.29 is 19.1 Å². The average molecular weight is 266 g/mol. The van der Waals surface area contributed by atoms with E-state index >= 15 is 0 Å². The molecule has 102 valence electrons. The minimum absolute atomic E-state index is 0.0539. The van der Waals surface area contributed by atoms with Crippen LogP contribution >= 0.6 is 0 Å². The lowest BCUT2D eigenvalue weighted by Gasteiger charge is -2.18. The number of halogens is 1. The number of carbonyl (C=O) groups excluding carboxylic acids is 1. The number of nitrogens with one attached hydrogen (secondary N) is 1. The van der Waals surface area contributed by atoms with Crippen LogP contribution in [0.1, 0.15) is 29.6 Å². The molecular weight excluding hydrogens is 251 g/mol. The molecule has 1 atom stereocenters. The molecule has 1 aromatic carbocycles. The second-order valence-corrected chi connectivity index (χ2v) is 4.74. The number of primary amides is 1. The van der Waals surface area contributed by atoms with Crippen LogP contribution in [0, 0.1) is 11.7 Å². The molecule has 0 bridgehead atoms. The van der Waals surface area contributed by atoms with Gasteiger partial charge in [-0.25, -0.2) is 4.39 Å². The number of carboxylic acids is 1. The van der Waals surface area contributed by atoms with Gasteiger partial charge in [-0.3, -0.25) is 9.59 Å². The molecule has 0 spiro atoms. The zero-order chi connectivity index (χ0) is 14.0. The third-order valence-corrected chi connectivity index (χ3v) is 3.18. The summed E-state index contributed by atoms with van der Waals surface area (Å²) in [6, 6.07) is 3.59. The van der Waals surface area contributed by atoms with Gasteiger partial charge in [-0.1, -0.05) is 0 Å². The van der Waals surface area contributed by atoms with E-state index in [9.17, 15) is 14.0 Å². The second kappa shape index (κ2) is 5.26. The first-order valence-corrected chi connectivity index (χ1v) is 6.05. The van der Waals surface area contributed by atoms with E-state index in [-0.39, 0.29) is 29.6 Å². The summed E-state index contributed by atoms with van der Waals surface area (Å²) in [4.78, 5) is 21.7. The van der Waals surface area contributed by atoms with Gasteiger partial charge in [0.2, 0.25) is 5.91 Å². The van der Waals surface area contributed by atoms with Crippen LogP contribution in [0.5, 0.6) is 0 Å². The molecule has 6 heteroatoms. The SMILES string of the molecule is NC(=O)c1ccc(NC(CC(=O)O)C2CC2)c(F)c1. The fourth-order valence-corrected chi connectivity index (χ4v) is 2.01. The minimum atomic E-state index is -0.918. The van der Waals surface area contributed by atoms with Gasteiger partial charge in [-0.2, -0.15) is 0 Å². The number of carboxylic acid groups (broad SMARTS) is 1. The third-order valence-electron chi connectivity index (χ3n) is 3.18. The van der Waals surface area contributed by atoms with Gasteiger partial charge >= 0.3 is 5.97 Å². The maximum atomic E-state index is 13.8. The first kappa shape index (κ1) is 13.3. The van der Waals surface area contributed by atoms with Crippen LogP contribution < -0.4 is 11.1 Å². The van der Waals surface area contributed by atoms with Gasteiger partial charge in [0.15, 0.2) is 0 Å². The van der Waals surface area contributed by atoms with E-state index in [2.05, 4.69) is 5.32 Å². The number of benzene rings is 1. The number of hydrogen-bond acceptors (Lipinski definition) is 3. The number of rotatable bonds is 6. The maximum Gasteiger partial charge on any atom is 0.305 e. The Morgan fingerprint density at radius 2 is 2.16 bits per heavy atom. The van der Waals surface area contributed by atoms with Gasteiger partial charge in [0, 0.05) is 11.6 Å². The van der Waals surface area contributed by atoms with E-state index in [0.29, 0.717) is 0 Å². The first-order valence-electron chi connectivity index (χ1n) is 6.05. The van der Waals surface area contributed by atoms with Crippen LogP contribution in [0.25, 0.3) is 0 Å². The predicted molar refractivity (Wildman–Crippen MR) is 67.3 cm³/mol. The highest BCUT2D eigenvalue weighted by molar-refractivity contribution is 5.93. The Kier molecular flexibility index (Phi) is 3.69. The Morgan fingerprint density at radius 1 is 1.47 bits per heavy atom. The Bertz CT molecular complexity index is 515. The second-order valence-electron chi connectivity index (χ2n) is 4.74. The van der Waals surface area contributed by atoms with Crippen molar-refractivity contribution in [2.75, 3.05) is 5.32 Å². The summed E-state index contributed by atoms with van der Waals surface area (Å²) in [5, 5.41) is 11.7. The van der Waals surface area contributed by atoms with Gasteiger partial charge in [0.05, 0.1) is 12.1 Å². The largest absolute Gasteiger partial charge is 0.481 e. The molecule has 2 rings (SSSR count). The Morgan fingerprint density at radius 3 is 2.63 bits per heavy atom. The number of carbonyl (C=O) groups is 2. The molecule has 19 heavy (non-hydrogen) atoms.